The summed E-state index contributed by atoms with van der Waals surface area (Å²) >= 11 is 0. The molecule has 0 spiro atoms. The smallest absolute Gasteiger partial charge is 0.390 e. The number of anilines is 1. The molecule has 16 heavy (non-hydrogen) atoms. The Morgan fingerprint density at radius 3 is 2.50 bits per heavy atom. The summed E-state index contributed by atoms with van der Waals surface area (Å²) in [7, 11) is 1.45. The maximum Gasteiger partial charge on any atom is 0.390 e. The number of hydrogen-bond acceptors (Lipinski definition) is 5. The Morgan fingerprint density at radius 2 is 2.06 bits per heavy atom. The van der Waals surface area contributed by atoms with Crippen molar-refractivity contribution in [3.8, 4) is 0 Å². The molecule has 92 valence electrons. The normalized spacial score (nSPS) is 13.9. The van der Waals surface area contributed by atoms with Crippen molar-refractivity contribution in [1.29, 1.82) is 0 Å². The largest absolute Gasteiger partial charge is 0.406 e. The third-order valence-corrected chi connectivity index (χ3v) is 1.88. The van der Waals surface area contributed by atoms with Crippen LogP contribution in [0.3, 0.4) is 0 Å². The molecule has 0 fully saturated rings. The summed E-state index contributed by atoms with van der Waals surface area (Å²) < 4.78 is 40.9. The molecule has 8 heteroatoms. The van der Waals surface area contributed by atoms with Crippen LogP contribution in [-0.4, -0.2) is 30.0 Å². The molecule has 0 saturated carbocycles. The fraction of sp³-hybridized carbons (Fsp3) is 0.750. The molecule has 2 N–H and O–H groups in total. The van der Waals surface area contributed by atoms with Gasteiger partial charge < -0.3 is 15.1 Å². The highest BCUT2D eigenvalue weighted by atomic mass is 19.4. The van der Waals surface area contributed by atoms with Gasteiger partial charge in [-0.1, -0.05) is 5.10 Å². The van der Waals surface area contributed by atoms with Gasteiger partial charge in [0.1, 0.15) is 0 Å². The lowest BCUT2D eigenvalue weighted by Gasteiger charge is -2.14. The second-order valence-electron chi connectivity index (χ2n) is 3.50. The van der Waals surface area contributed by atoms with Crippen LogP contribution in [0.1, 0.15) is 25.3 Å². The van der Waals surface area contributed by atoms with Crippen LogP contribution >= 0.6 is 0 Å². The van der Waals surface area contributed by atoms with E-state index in [1.165, 1.54) is 11.9 Å². The number of aromatic nitrogens is 2. The van der Waals surface area contributed by atoms with Gasteiger partial charge in [0.2, 0.25) is 5.89 Å². The van der Waals surface area contributed by atoms with Gasteiger partial charge in [0.15, 0.2) is 0 Å². The van der Waals surface area contributed by atoms with Crippen LogP contribution in [0.5, 0.6) is 0 Å². The SMILES string of the molecule is CC(N)c1nnc(N(C)CCC(F)(F)F)o1. The van der Waals surface area contributed by atoms with E-state index in [9.17, 15) is 13.2 Å². The zero-order valence-electron chi connectivity index (χ0n) is 8.95. The van der Waals surface area contributed by atoms with Crippen molar-refractivity contribution in [3.05, 3.63) is 5.89 Å². The second-order valence-corrected chi connectivity index (χ2v) is 3.50. The zero-order valence-corrected chi connectivity index (χ0v) is 8.95. The molecule has 1 atom stereocenters. The van der Waals surface area contributed by atoms with Crippen molar-refractivity contribution in [2.75, 3.05) is 18.5 Å². The minimum atomic E-state index is -4.20. The van der Waals surface area contributed by atoms with Gasteiger partial charge in [-0.3, -0.25) is 0 Å². The Balaban J connectivity index is 2.56. The minimum Gasteiger partial charge on any atom is -0.406 e. The summed E-state index contributed by atoms with van der Waals surface area (Å²) in [5.74, 6) is 0.203. The Hall–Kier alpha value is -1.31. The standard InChI is InChI=1S/C8H13F3N4O/c1-5(12)6-13-14-7(16-6)15(2)4-3-8(9,10)11/h5H,3-4,12H2,1-2H3. The van der Waals surface area contributed by atoms with Crippen LogP contribution in [0.25, 0.3) is 0 Å². The Bertz CT molecular complexity index is 336. The first kappa shape index (κ1) is 12.8. The number of nitrogens with two attached hydrogens (primary N) is 1. The van der Waals surface area contributed by atoms with E-state index in [-0.39, 0.29) is 18.5 Å². The van der Waals surface area contributed by atoms with Crippen molar-refractivity contribution in [3.63, 3.8) is 0 Å². The summed E-state index contributed by atoms with van der Waals surface area (Å²) in [5.41, 5.74) is 5.48. The number of hydrogen-bond donors (Lipinski definition) is 1. The number of halogens is 3. The molecule has 1 unspecified atom stereocenters. The predicted octanol–water partition coefficient (Wildman–Crippen LogP) is 1.48. The summed E-state index contributed by atoms with van der Waals surface area (Å²) in [6.07, 6.45) is -5.13. The predicted molar refractivity (Wildman–Crippen MR) is 50.8 cm³/mol. The molecule has 1 rings (SSSR count). The van der Waals surface area contributed by atoms with E-state index < -0.39 is 18.6 Å². The molecule has 0 aromatic carbocycles. The van der Waals surface area contributed by atoms with Crippen molar-refractivity contribution in [1.82, 2.24) is 10.2 Å². The highest BCUT2D eigenvalue weighted by molar-refractivity contribution is 5.21. The molecular weight excluding hydrogens is 225 g/mol. The first-order valence-electron chi connectivity index (χ1n) is 4.66. The number of alkyl halides is 3. The molecule has 1 aromatic heterocycles. The Morgan fingerprint density at radius 1 is 1.44 bits per heavy atom. The third-order valence-electron chi connectivity index (χ3n) is 1.88. The van der Waals surface area contributed by atoms with E-state index in [4.69, 9.17) is 10.2 Å². The van der Waals surface area contributed by atoms with Crippen molar-refractivity contribution in [2.24, 2.45) is 5.73 Å². The van der Waals surface area contributed by atoms with E-state index in [0.717, 1.165) is 0 Å². The quantitative estimate of drug-likeness (QED) is 0.860. The van der Waals surface area contributed by atoms with Gasteiger partial charge in [-0.15, -0.1) is 5.10 Å². The van der Waals surface area contributed by atoms with Crippen LogP contribution < -0.4 is 10.6 Å². The Kier molecular flexibility index (Phi) is 3.74. The third kappa shape index (κ3) is 3.69. The van der Waals surface area contributed by atoms with E-state index in [0.29, 0.717) is 0 Å². The molecule has 1 aromatic rings. The van der Waals surface area contributed by atoms with E-state index in [2.05, 4.69) is 10.2 Å². The summed E-state index contributed by atoms with van der Waals surface area (Å²) in [6.45, 7) is 1.41. The Labute approximate surface area is 90.4 Å². The molecule has 1 heterocycles. The second kappa shape index (κ2) is 4.69. The number of rotatable bonds is 4. The summed E-state index contributed by atoms with van der Waals surface area (Å²) in [6, 6.07) is -0.395. The highest BCUT2D eigenvalue weighted by Crippen LogP contribution is 2.21. The van der Waals surface area contributed by atoms with Crippen LogP contribution in [-0.2, 0) is 0 Å². The molecular formula is C8H13F3N4O. The van der Waals surface area contributed by atoms with Crippen molar-refractivity contribution in [2.45, 2.75) is 25.6 Å². The first-order chi connectivity index (χ1) is 7.29. The molecule has 0 bridgehead atoms. The van der Waals surface area contributed by atoms with Crippen LogP contribution in [0.4, 0.5) is 19.2 Å². The van der Waals surface area contributed by atoms with Gasteiger partial charge in [0.25, 0.3) is 0 Å². The molecule has 0 radical (unpaired) electrons. The molecule has 0 amide bonds. The minimum absolute atomic E-state index is 0.0385. The average molecular weight is 238 g/mol. The fourth-order valence-corrected chi connectivity index (χ4v) is 0.955. The lowest BCUT2D eigenvalue weighted by Crippen LogP contribution is -2.24. The van der Waals surface area contributed by atoms with Gasteiger partial charge >= 0.3 is 12.2 Å². The first-order valence-corrected chi connectivity index (χ1v) is 4.66. The maximum atomic E-state index is 12.0. The molecule has 0 saturated heterocycles. The van der Waals surface area contributed by atoms with Gasteiger partial charge in [0.05, 0.1) is 12.5 Å². The molecule has 0 aliphatic carbocycles. The van der Waals surface area contributed by atoms with Crippen molar-refractivity contribution < 1.29 is 17.6 Å². The van der Waals surface area contributed by atoms with Gasteiger partial charge in [-0.2, -0.15) is 13.2 Å². The molecule has 0 aliphatic heterocycles. The van der Waals surface area contributed by atoms with E-state index >= 15 is 0 Å². The van der Waals surface area contributed by atoms with E-state index in [1.807, 2.05) is 0 Å². The lowest BCUT2D eigenvalue weighted by molar-refractivity contribution is -0.132. The molecule has 5 nitrogen and oxygen atoms in total. The zero-order chi connectivity index (χ0) is 12.3. The fourth-order valence-electron chi connectivity index (χ4n) is 0.955. The van der Waals surface area contributed by atoms with Crippen LogP contribution in [0.2, 0.25) is 0 Å². The average Bonchev–Trinajstić information content (AvgIpc) is 2.61. The molecule has 0 aliphatic rings. The van der Waals surface area contributed by atoms with Crippen LogP contribution in [0.15, 0.2) is 4.42 Å². The summed E-state index contributed by atoms with van der Waals surface area (Å²) in [4.78, 5) is 1.24. The van der Waals surface area contributed by atoms with Crippen molar-refractivity contribution >= 4 is 6.01 Å². The highest BCUT2D eigenvalue weighted by Gasteiger charge is 2.28. The van der Waals surface area contributed by atoms with Gasteiger partial charge in [-0.05, 0) is 6.92 Å². The van der Waals surface area contributed by atoms with Gasteiger partial charge in [0, 0.05) is 13.6 Å². The number of nitrogens with zero attached hydrogens (tertiary/aromatic N) is 3. The monoisotopic (exact) mass is 238 g/mol. The topological polar surface area (TPSA) is 68.2 Å². The van der Waals surface area contributed by atoms with Gasteiger partial charge in [-0.25, -0.2) is 0 Å². The maximum absolute atomic E-state index is 12.0. The lowest BCUT2D eigenvalue weighted by atomic mass is 10.4. The van der Waals surface area contributed by atoms with E-state index in [1.54, 1.807) is 6.92 Å². The van der Waals surface area contributed by atoms with Crippen LogP contribution in [0, 0.1) is 0 Å². The summed E-state index contributed by atoms with van der Waals surface area (Å²) in [5, 5.41) is 7.22.